The van der Waals surface area contributed by atoms with Crippen molar-refractivity contribution >= 4 is 28.4 Å². The highest BCUT2D eigenvalue weighted by Gasteiger charge is 2.26. The predicted molar refractivity (Wildman–Crippen MR) is 99.1 cm³/mol. The van der Waals surface area contributed by atoms with Gasteiger partial charge in [-0.05, 0) is 30.2 Å². The fourth-order valence-electron chi connectivity index (χ4n) is 3.38. The summed E-state index contributed by atoms with van der Waals surface area (Å²) in [6, 6.07) is 5.92. The third-order valence-electron chi connectivity index (χ3n) is 4.83. The first-order valence-electron chi connectivity index (χ1n) is 8.52. The van der Waals surface area contributed by atoms with E-state index < -0.39 is 12.0 Å². The molecule has 1 aliphatic heterocycles. The van der Waals surface area contributed by atoms with Gasteiger partial charge < -0.3 is 14.5 Å². The minimum atomic E-state index is -1.01. The van der Waals surface area contributed by atoms with E-state index >= 15 is 0 Å². The Bertz CT molecular complexity index is 1090. The number of carbonyl (C=O) groups excluding carboxylic acids is 1. The number of hydrogen-bond donors (Lipinski definition) is 1. The molecule has 0 aliphatic carbocycles. The van der Waals surface area contributed by atoms with Gasteiger partial charge in [0.05, 0.1) is 22.5 Å². The number of carbonyl (C=O) groups is 1. The van der Waals surface area contributed by atoms with Crippen LogP contribution in [0.15, 0.2) is 41.5 Å². The first-order valence-corrected chi connectivity index (χ1v) is 8.89. The normalized spacial score (nSPS) is 17.0. The molecule has 1 N–H and O–H groups in total. The van der Waals surface area contributed by atoms with Crippen molar-refractivity contribution in [2.75, 3.05) is 13.1 Å². The molecular formula is C19H16ClF2N3O2. The summed E-state index contributed by atoms with van der Waals surface area (Å²) < 4.78 is 28.1. The van der Waals surface area contributed by atoms with Crippen LogP contribution in [0.2, 0.25) is 5.02 Å². The van der Waals surface area contributed by atoms with Crippen molar-refractivity contribution in [3.63, 3.8) is 0 Å². The lowest BCUT2D eigenvalue weighted by molar-refractivity contribution is -0.131. The van der Waals surface area contributed by atoms with E-state index in [1.54, 1.807) is 12.3 Å². The number of nitrogens with one attached hydrogen (secondary N) is 1. The van der Waals surface area contributed by atoms with E-state index in [-0.39, 0.29) is 29.6 Å². The number of aromatic amines is 1. The van der Waals surface area contributed by atoms with E-state index in [2.05, 4.69) is 4.98 Å². The molecule has 3 heterocycles. The van der Waals surface area contributed by atoms with Gasteiger partial charge in [-0.25, -0.2) is 8.78 Å². The summed E-state index contributed by atoms with van der Waals surface area (Å²) in [5.41, 5.74) is 1.41. The summed E-state index contributed by atoms with van der Waals surface area (Å²) in [6.45, 7) is 0.274. The highest BCUT2D eigenvalue weighted by Crippen LogP contribution is 2.29. The molecule has 0 spiro atoms. The average Bonchev–Trinajstić information content (AvgIpc) is 3.26. The van der Waals surface area contributed by atoms with Gasteiger partial charge in [0.25, 0.3) is 5.56 Å². The van der Waals surface area contributed by atoms with Gasteiger partial charge in [-0.1, -0.05) is 17.7 Å². The van der Waals surface area contributed by atoms with Crippen LogP contribution in [0.5, 0.6) is 0 Å². The molecule has 1 atom stereocenters. The van der Waals surface area contributed by atoms with E-state index in [9.17, 15) is 18.4 Å². The Morgan fingerprint density at radius 2 is 2.15 bits per heavy atom. The Hall–Kier alpha value is -2.67. The number of hydrogen-bond acceptors (Lipinski definition) is 2. The van der Waals surface area contributed by atoms with Crippen molar-refractivity contribution in [1.29, 1.82) is 0 Å². The third-order valence-corrected chi connectivity index (χ3v) is 5.12. The number of fused-ring (bicyclic) bond motifs is 1. The lowest BCUT2D eigenvalue weighted by atomic mass is 10.1. The lowest BCUT2D eigenvalue weighted by Crippen LogP contribution is -2.35. The topological polar surface area (TPSA) is 58.1 Å². The number of nitrogens with zero attached hydrogens (tertiary/aromatic N) is 2. The lowest BCUT2D eigenvalue weighted by Gasteiger charge is -2.16. The number of alkyl halides is 1. The van der Waals surface area contributed by atoms with Crippen LogP contribution in [0, 0.1) is 5.82 Å². The highest BCUT2D eigenvalue weighted by molar-refractivity contribution is 6.31. The molecule has 1 saturated heterocycles. The fraction of sp³-hybridized carbons (Fsp3) is 0.263. The van der Waals surface area contributed by atoms with E-state index in [0.29, 0.717) is 35.0 Å². The van der Waals surface area contributed by atoms with E-state index in [1.807, 2.05) is 0 Å². The van der Waals surface area contributed by atoms with Crippen LogP contribution in [0.3, 0.4) is 0 Å². The average molecular weight is 392 g/mol. The predicted octanol–water partition coefficient (Wildman–Crippen LogP) is 3.36. The summed E-state index contributed by atoms with van der Waals surface area (Å²) in [4.78, 5) is 29.7. The molecule has 8 heteroatoms. The first-order chi connectivity index (χ1) is 12.9. The minimum absolute atomic E-state index is 0.0388. The summed E-state index contributed by atoms with van der Waals surface area (Å²) in [6.07, 6.45) is 2.50. The quantitative estimate of drug-likeness (QED) is 0.744. The third kappa shape index (κ3) is 3.23. The van der Waals surface area contributed by atoms with Gasteiger partial charge in [0.2, 0.25) is 5.91 Å². The van der Waals surface area contributed by atoms with Gasteiger partial charge in [0.15, 0.2) is 0 Å². The summed E-state index contributed by atoms with van der Waals surface area (Å²) >= 11 is 5.86. The second-order valence-corrected chi connectivity index (χ2v) is 7.00. The summed E-state index contributed by atoms with van der Waals surface area (Å²) in [5.74, 6) is -0.835. The summed E-state index contributed by atoms with van der Waals surface area (Å²) in [5, 5.41) is 0.348. The number of pyridine rings is 1. The van der Waals surface area contributed by atoms with Crippen molar-refractivity contribution < 1.29 is 13.6 Å². The van der Waals surface area contributed by atoms with Crippen LogP contribution >= 0.6 is 11.6 Å². The van der Waals surface area contributed by atoms with E-state index in [1.165, 1.54) is 33.9 Å². The zero-order chi connectivity index (χ0) is 19.1. The second kappa shape index (κ2) is 6.81. The molecule has 27 heavy (non-hydrogen) atoms. The zero-order valence-corrected chi connectivity index (χ0v) is 15.0. The number of rotatable bonds is 3. The monoisotopic (exact) mass is 391 g/mol. The van der Waals surface area contributed by atoms with Gasteiger partial charge in [-0.2, -0.15) is 0 Å². The number of halogens is 3. The van der Waals surface area contributed by atoms with Gasteiger partial charge in [0, 0.05) is 24.5 Å². The van der Waals surface area contributed by atoms with E-state index in [0.717, 1.165) is 0 Å². The molecule has 1 amide bonds. The molecule has 3 aromatic rings. The van der Waals surface area contributed by atoms with Crippen LogP contribution in [-0.2, 0) is 11.3 Å². The maximum Gasteiger partial charge on any atom is 0.261 e. The molecule has 1 unspecified atom stereocenters. The zero-order valence-electron chi connectivity index (χ0n) is 14.2. The number of amides is 1. The Morgan fingerprint density at radius 1 is 1.33 bits per heavy atom. The van der Waals surface area contributed by atoms with Crippen molar-refractivity contribution in [2.24, 2.45) is 0 Å². The molecule has 140 valence electrons. The Kier molecular flexibility index (Phi) is 4.47. The van der Waals surface area contributed by atoms with Crippen molar-refractivity contribution in [2.45, 2.75) is 19.1 Å². The molecule has 1 aromatic carbocycles. The molecule has 1 fully saturated rings. The van der Waals surface area contributed by atoms with E-state index in [4.69, 9.17) is 11.6 Å². The van der Waals surface area contributed by atoms with Crippen LogP contribution in [0.4, 0.5) is 8.78 Å². The Balaban J connectivity index is 1.72. The second-order valence-electron chi connectivity index (χ2n) is 6.59. The number of aromatic nitrogens is 2. The fourth-order valence-corrected chi connectivity index (χ4v) is 3.56. The Morgan fingerprint density at radius 3 is 2.85 bits per heavy atom. The van der Waals surface area contributed by atoms with Crippen LogP contribution in [-0.4, -0.2) is 39.6 Å². The summed E-state index contributed by atoms with van der Waals surface area (Å²) in [7, 11) is 0. The molecular weight excluding hydrogens is 376 g/mol. The van der Waals surface area contributed by atoms with Gasteiger partial charge in [0.1, 0.15) is 18.5 Å². The smallest absolute Gasteiger partial charge is 0.261 e. The molecule has 1 aliphatic rings. The molecule has 0 radical (unpaired) electrons. The SMILES string of the molecule is O=C(Cn1ccc2[nH]cc(-c3ccc(F)c(Cl)c3)c2c1=O)N1CCC(F)C1. The maximum atomic E-state index is 13.4. The molecule has 5 nitrogen and oxygen atoms in total. The van der Waals surface area contributed by atoms with Crippen LogP contribution < -0.4 is 5.56 Å². The van der Waals surface area contributed by atoms with Crippen molar-refractivity contribution in [3.05, 3.63) is 57.9 Å². The van der Waals surface area contributed by atoms with Crippen molar-refractivity contribution in [1.82, 2.24) is 14.5 Å². The highest BCUT2D eigenvalue weighted by atomic mass is 35.5. The van der Waals surface area contributed by atoms with Gasteiger partial charge in [-0.15, -0.1) is 0 Å². The molecule has 0 bridgehead atoms. The molecule has 4 rings (SSSR count). The van der Waals surface area contributed by atoms with Crippen LogP contribution in [0.25, 0.3) is 22.0 Å². The molecule has 0 saturated carbocycles. The van der Waals surface area contributed by atoms with Gasteiger partial charge in [-0.3, -0.25) is 9.59 Å². The number of H-pyrrole nitrogens is 1. The number of benzene rings is 1. The molecule has 2 aromatic heterocycles. The largest absolute Gasteiger partial charge is 0.360 e. The minimum Gasteiger partial charge on any atom is -0.360 e. The number of likely N-dealkylation sites (tertiary alicyclic amines) is 1. The maximum absolute atomic E-state index is 13.4. The van der Waals surface area contributed by atoms with Crippen molar-refractivity contribution in [3.8, 4) is 11.1 Å². The van der Waals surface area contributed by atoms with Crippen LogP contribution in [0.1, 0.15) is 6.42 Å². The first kappa shape index (κ1) is 17.7. The standard InChI is InChI=1S/C19H16ClF2N3O2/c20-14-7-11(1-2-15(14)22)13-8-23-16-4-6-25(19(27)18(13)16)10-17(26)24-5-3-12(21)9-24/h1-2,4,6-8,12,23H,3,5,9-10H2. The van der Waals surface area contributed by atoms with Gasteiger partial charge >= 0.3 is 0 Å². The Labute approximate surface area is 158 Å².